The Balaban J connectivity index is 2.40. The lowest BCUT2D eigenvalue weighted by Gasteiger charge is -2.24. The Labute approximate surface area is 148 Å². The van der Waals surface area contributed by atoms with Gasteiger partial charge in [-0.05, 0) is 56.9 Å². The maximum atomic E-state index is 4.81. The predicted molar refractivity (Wildman–Crippen MR) is 102 cm³/mol. The monoisotopic (exact) mass is 344 g/mol. The van der Waals surface area contributed by atoms with Gasteiger partial charge in [0.25, 0.3) is 0 Å². The maximum absolute atomic E-state index is 4.81. The van der Waals surface area contributed by atoms with Crippen LogP contribution in [0.25, 0.3) is 6.08 Å². The number of aromatic nitrogens is 2. The van der Waals surface area contributed by atoms with E-state index in [0.29, 0.717) is 0 Å². The molecule has 128 valence electrons. The fourth-order valence-corrected chi connectivity index (χ4v) is 3.11. The third-order valence-corrected chi connectivity index (χ3v) is 4.25. The quantitative estimate of drug-likeness (QED) is 0.603. The lowest BCUT2D eigenvalue weighted by Crippen LogP contribution is -2.20. The van der Waals surface area contributed by atoms with Gasteiger partial charge in [0.2, 0.25) is 5.95 Å². The number of hydroxylamine groups is 1. The van der Waals surface area contributed by atoms with Crippen LogP contribution in [0.5, 0.6) is 0 Å². The number of anilines is 2. The molecule has 2 rings (SSSR count). The molecule has 0 amide bonds. The van der Waals surface area contributed by atoms with E-state index in [-0.39, 0.29) is 0 Å². The molecule has 0 aliphatic carbocycles. The normalized spacial score (nSPS) is 11.0. The van der Waals surface area contributed by atoms with Gasteiger partial charge in [-0.25, -0.2) is 9.97 Å². The molecule has 0 aliphatic heterocycles. The van der Waals surface area contributed by atoms with Gasteiger partial charge in [-0.3, -0.25) is 10.3 Å². The van der Waals surface area contributed by atoms with Gasteiger partial charge in [-0.1, -0.05) is 6.07 Å². The van der Waals surface area contributed by atoms with Crippen LogP contribution in [0.15, 0.2) is 35.4 Å². The summed E-state index contributed by atoms with van der Waals surface area (Å²) in [6.07, 6.45) is 5.82. The van der Waals surface area contributed by atoms with Crippen molar-refractivity contribution in [2.45, 2.75) is 25.7 Å². The van der Waals surface area contributed by atoms with Crippen molar-refractivity contribution in [2.24, 2.45) is 0 Å². The first-order chi connectivity index (χ1) is 11.6. The van der Waals surface area contributed by atoms with Crippen molar-refractivity contribution in [2.75, 3.05) is 24.8 Å². The minimum atomic E-state index is 0.745. The van der Waals surface area contributed by atoms with Crippen molar-refractivity contribution < 1.29 is 4.84 Å². The van der Waals surface area contributed by atoms with Crippen molar-refractivity contribution in [1.29, 1.82) is 0 Å². The molecular weight excluding hydrogens is 320 g/mol. The third-order valence-electron chi connectivity index (χ3n) is 3.48. The molecule has 2 aromatic rings. The number of hydrogen-bond acceptors (Lipinski definition) is 6. The average molecular weight is 344 g/mol. The summed E-state index contributed by atoms with van der Waals surface area (Å²) in [5.41, 5.74) is 6.88. The van der Waals surface area contributed by atoms with Crippen LogP contribution in [-0.2, 0) is 4.84 Å². The smallest absolute Gasteiger partial charge is 0.230 e. The molecule has 1 aromatic carbocycles. The van der Waals surface area contributed by atoms with Crippen LogP contribution in [0.4, 0.5) is 11.6 Å². The first kappa shape index (κ1) is 18.3. The second-order valence-electron chi connectivity index (χ2n) is 5.28. The molecule has 1 heterocycles. The fraction of sp³-hybridized carbons (Fsp3) is 0.333. The third kappa shape index (κ3) is 4.49. The average Bonchev–Trinajstić information content (AvgIpc) is 2.56. The number of hydrogen-bond donors (Lipinski definition) is 1. The molecule has 0 fully saturated rings. The molecule has 1 N–H and O–H groups in total. The van der Waals surface area contributed by atoms with Crippen molar-refractivity contribution in [3.05, 3.63) is 47.4 Å². The number of nitrogens with zero attached hydrogens (tertiary/aromatic N) is 3. The summed E-state index contributed by atoms with van der Waals surface area (Å²) >= 11 is 1.71. The van der Waals surface area contributed by atoms with Crippen molar-refractivity contribution >= 4 is 29.5 Å². The zero-order valence-electron chi connectivity index (χ0n) is 14.8. The second kappa shape index (κ2) is 8.70. The Morgan fingerprint density at radius 2 is 1.92 bits per heavy atom. The molecule has 0 aliphatic rings. The zero-order valence-corrected chi connectivity index (χ0v) is 15.6. The molecule has 0 atom stereocenters. The molecule has 0 saturated heterocycles. The highest BCUT2D eigenvalue weighted by Gasteiger charge is 2.15. The standard InChI is InChI=1S/C18H24N4OS/c1-6-22(18-20-13(2)11-14(3)21-18)16-8-7-15(9-10-19-23-4)12-17(16)24-5/h7-12,19H,6H2,1-5H3. The first-order valence-corrected chi connectivity index (χ1v) is 9.04. The molecule has 0 bridgehead atoms. The summed E-state index contributed by atoms with van der Waals surface area (Å²) in [5, 5.41) is 0. The maximum Gasteiger partial charge on any atom is 0.230 e. The Morgan fingerprint density at radius 1 is 1.21 bits per heavy atom. The van der Waals surface area contributed by atoms with Crippen molar-refractivity contribution in [1.82, 2.24) is 15.4 Å². The van der Waals surface area contributed by atoms with Crippen LogP contribution in [0.2, 0.25) is 0 Å². The van der Waals surface area contributed by atoms with E-state index in [2.05, 4.69) is 51.7 Å². The molecule has 0 saturated carbocycles. The Morgan fingerprint density at radius 3 is 2.50 bits per heavy atom. The summed E-state index contributed by atoms with van der Waals surface area (Å²) in [5.74, 6) is 0.745. The highest BCUT2D eigenvalue weighted by atomic mass is 32.2. The lowest BCUT2D eigenvalue weighted by atomic mass is 10.2. The minimum Gasteiger partial charge on any atom is -0.310 e. The van der Waals surface area contributed by atoms with E-state index in [4.69, 9.17) is 4.84 Å². The summed E-state index contributed by atoms with van der Waals surface area (Å²) in [6, 6.07) is 8.33. The van der Waals surface area contributed by atoms with E-state index in [1.54, 1.807) is 25.1 Å². The Hall–Kier alpha value is -2.05. The number of benzene rings is 1. The van der Waals surface area contributed by atoms with Gasteiger partial charge in [0, 0.05) is 29.0 Å². The molecule has 5 nitrogen and oxygen atoms in total. The van der Waals surface area contributed by atoms with Crippen LogP contribution in [0, 0.1) is 13.8 Å². The van der Waals surface area contributed by atoms with Crippen molar-refractivity contribution in [3.63, 3.8) is 0 Å². The highest BCUT2D eigenvalue weighted by Crippen LogP contribution is 2.33. The predicted octanol–water partition coefficient (Wildman–Crippen LogP) is 4.10. The summed E-state index contributed by atoms with van der Waals surface area (Å²) in [7, 11) is 1.59. The van der Waals surface area contributed by atoms with E-state index in [9.17, 15) is 0 Å². The van der Waals surface area contributed by atoms with Crippen LogP contribution in [0.3, 0.4) is 0 Å². The largest absolute Gasteiger partial charge is 0.310 e. The van der Waals surface area contributed by atoms with Gasteiger partial charge in [0.15, 0.2) is 0 Å². The summed E-state index contributed by atoms with van der Waals surface area (Å²) < 4.78 is 0. The minimum absolute atomic E-state index is 0.745. The van der Waals surface area contributed by atoms with E-state index >= 15 is 0 Å². The number of nitrogens with one attached hydrogen (secondary N) is 1. The molecular formula is C18H24N4OS. The van der Waals surface area contributed by atoms with Gasteiger partial charge >= 0.3 is 0 Å². The molecule has 0 spiro atoms. The lowest BCUT2D eigenvalue weighted by molar-refractivity contribution is 0.129. The Bertz CT molecular complexity index is 698. The molecule has 0 unspecified atom stereocenters. The topological polar surface area (TPSA) is 50.3 Å². The number of rotatable bonds is 7. The van der Waals surface area contributed by atoms with Gasteiger partial charge in [-0.15, -0.1) is 11.8 Å². The first-order valence-electron chi connectivity index (χ1n) is 7.82. The van der Waals surface area contributed by atoms with Gasteiger partial charge < -0.3 is 4.90 Å². The number of thioether (sulfide) groups is 1. The van der Waals surface area contributed by atoms with Gasteiger partial charge in [-0.2, -0.15) is 0 Å². The highest BCUT2D eigenvalue weighted by molar-refractivity contribution is 7.98. The zero-order chi connectivity index (χ0) is 17.5. The van der Waals surface area contributed by atoms with Gasteiger partial charge in [0.1, 0.15) is 0 Å². The van der Waals surface area contributed by atoms with E-state index < -0.39 is 0 Å². The summed E-state index contributed by atoms with van der Waals surface area (Å²) in [6.45, 7) is 6.91. The van der Waals surface area contributed by atoms with Crippen LogP contribution in [-0.4, -0.2) is 29.9 Å². The molecule has 24 heavy (non-hydrogen) atoms. The van der Waals surface area contributed by atoms with Crippen LogP contribution in [0.1, 0.15) is 23.9 Å². The molecule has 6 heteroatoms. The second-order valence-corrected chi connectivity index (χ2v) is 6.13. The van der Waals surface area contributed by atoms with E-state index in [1.807, 2.05) is 26.0 Å². The fourth-order valence-electron chi connectivity index (χ4n) is 2.47. The van der Waals surface area contributed by atoms with Crippen molar-refractivity contribution in [3.8, 4) is 0 Å². The van der Waals surface area contributed by atoms with E-state index in [0.717, 1.165) is 35.1 Å². The molecule has 1 aromatic heterocycles. The van der Waals surface area contributed by atoms with Crippen LogP contribution < -0.4 is 10.4 Å². The molecule has 0 radical (unpaired) electrons. The SMILES string of the molecule is CCN(c1nc(C)cc(C)n1)c1ccc(C=CNOC)cc1SC. The van der Waals surface area contributed by atoms with E-state index in [1.165, 1.54) is 4.90 Å². The summed E-state index contributed by atoms with van der Waals surface area (Å²) in [4.78, 5) is 17.3. The van der Waals surface area contributed by atoms with Gasteiger partial charge in [0.05, 0.1) is 12.8 Å². The Kier molecular flexibility index (Phi) is 6.63. The number of aryl methyl sites for hydroxylation is 2. The van der Waals surface area contributed by atoms with Crippen LogP contribution >= 0.6 is 11.8 Å².